The molecule has 0 radical (unpaired) electrons. The molecule has 0 amide bonds. The second-order valence-electron chi connectivity index (χ2n) is 3.41. The van der Waals surface area contributed by atoms with Crippen molar-refractivity contribution in [3.63, 3.8) is 0 Å². The molecule has 4 nitrogen and oxygen atoms in total. The van der Waals surface area contributed by atoms with E-state index in [1.807, 2.05) is 0 Å². The van der Waals surface area contributed by atoms with Gasteiger partial charge >= 0.3 is 0 Å². The van der Waals surface area contributed by atoms with Gasteiger partial charge in [0.15, 0.2) is 0 Å². The number of aliphatic hydroxyl groups excluding tert-OH is 1. The lowest BCUT2D eigenvalue weighted by Crippen LogP contribution is -2.57. The summed E-state index contributed by atoms with van der Waals surface area (Å²) in [4.78, 5) is 4.48. The minimum absolute atomic E-state index is 0.254. The maximum Gasteiger partial charge on any atom is 0.0747 e. The second-order valence-corrected chi connectivity index (χ2v) is 3.41. The molecule has 4 heteroatoms. The molecule has 0 aliphatic carbocycles. The largest absolute Gasteiger partial charge is 0.395 e. The van der Waals surface area contributed by atoms with Gasteiger partial charge in [-0.05, 0) is 14.1 Å². The molecule has 12 heavy (non-hydrogen) atoms. The third-order valence-corrected chi connectivity index (χ3v) is 2.31. The lowest BCUT2D eigenvalue weighted by Gasteiger charge is -2.39. The van der Waals surface area contributed by atoms with Gasteiger partial charge in [-0.15, -0.1) is 0 Å². The molecular weight excluding hydrogens is 154 g/mol. The Morgan fingerprint density at radius 1 is 1.58 bits per heavy atom. The summed E-state index contributed by atoms with van der Waals surface area (Å²) in [7, 11) is 4.14. The van der Waals surface area contributed by atoms with Crippen LogP contribution in [0, 0.1) is 0 Å². The SMILES string of the molecule is CN(C)C1CNCCN1CCO. The zero-order valence-electron chi connectivity index (χ0n) is 7.95. The van der Waals surface area contributed by atoms with E-state index in [0.29, 0.717) is 6.17 Å². The second kappa shape index (κ2) is 4.77. The number of hydrogen-bond donors (Lipinski definition) is 2. The Labute approximate surface area is 74.2 Å². The summed E-state index contributed by atoms with van der Waals surface area (Å²) in [6.07, 6.45) is 0.436. The van der Waals surface area contributed by atoms with Crippen LogP contribution in [0.5, 0.6) is 0 Å². The molecule has 0 spiro atoms. The minimum Gasteiger partial charge on any atom is -0.395 e. The number of aliphatic hydroxyl groups is 1. The Morgan fingerprint density at radius 2 is 2.33 bits per heavy atom. The van der Waals surface area contributed by atoms with Crippen molar-refractivity contribution < 1.29 is 5.11 Å². The van der Waals surface area contributed by atoms with E-state index >= 15 is 0 Å². The van der Waals surface area contributed by atoms with E-state index in [9.17, 15) is 0 Å². The molecule has 1 fully saturated rings. The van der Waals surface area contributed by atoms with Gasteiger partial charge in [-0.25, -0.2) is 0 Å². The van der Waals surface area contributed by atoms with Crippen LogP contribution in [0.3, 0.4) is 0 Å². The summed E-state index contributed by atoms with van der Waals surface area (Å²) in [5, 5.41) is 12.2. The van der Waals surface area contributed by atoms with Gasteiger partial charge in [0.05, 0.1) is 12.8 Å². The van der Waals surface area contributed by atoms with Gasteiger partial charge in [0, 0.05) is 26.2 Å². The Bertz CT molecular complexity index is 127. The first-order chi connectivity index (χ1) is 5.75. The predicted molar refractivity (Wildman–Crippen MR) is 49.0 cm³/mol. The first kappa shape index (κ1) is 9.92. The van der Waals surface area contributed by atoms with Gasteiger partial charge in [-0.2, -0.15) is 0 Å². The number of likely N-dealkylation sites (N-methyl/N-ethyl adjacent to an activating group) is 1. The average Bonchev–Trinajstić information content (AvgIpc) is 2.05. The smallest absolute Gasteiger partial charge is 0.0747 e. The normalized spacial score (nSPS) is 26.5. The summed E-state index contributed by atoms with van der Waals surface area (Å²) >= 11 is 0. The van der Waals surface area contributed by atoms with Crippen molar-refractivity contribution in [2.45, 2.75) is 6.17 Å². The first-order valence-electron chi connectivity index (χ1n) is 4.47. The maximum absolute atomic E-state index is 8.84. The summed E-state index contributed by atoms with van der Waals surface area (Å²) in [6, 6.07) is 0. The van der Waals surface area contributed by atoms with Crippen LogP contribution in [0.1, 0.15) is 0 Å². The van der Waals surface area contributed by atoms with Crippen LogP contribution in [0.2, 0.25) is 0 Å². The predicted octanol–water partition coefficient (Wildman–Crippen LogP) is -1.23. The summed E-state index contributed by atoms with van der Waals surface area (Å²) in [6.45, 7) is 4.09. The fourth-order valence-electron chi connectivity index (χ4n) is 1.63. The van der Waals surface area contributed by atoms with Crippen LogP contribution in [0.4, 0.5) is 0 Å². The first-order valence-corrected chi connectivity index (χ1v) is 4.47. The molecule has 0 aromatic carbocycles. The zero-order valence-corrected chi connectivity index (χ0v) is 7.95. The summed E-state index contributed by atoms with van der Waals surface area (Å²) in [5.41, 5.74) is 0. The highest BCUT2D eigenvalue weighted by molar-refractivity contribution is 4.77. The Morgan fingerprint density at radius 3 is 2.92 bits per heavy atom. The average molecular weight is 173 g/mol. The summed E-state index contributed by atoms with van der Waals surface area (Å²) < 4.78 is 0. The van der Waals surface area contributed by atoms with Crippen LogP contribution in [-0.2, 0) is 0 Å². The van der Waals surface area contributed by atoms with Crippen molar-refractivity contribution in [3.8, 4) is 0 Å². The van der Waals surface area contributed by atoms with E-state index in [4.69, 9.17) is 5.11 Å². The molecule has 1 heterocycles. The number of nitrogens with zero attached hydrogens (tertiary/aromatic N) is 2. The van der Waals surface area contributed by atoms with Gasteiger partial charge in [-0.1, -0.05) is 0 Å². The number of rotatable bonds is 3. The molecule has 2 N–H and O–H groups in total. The fourth-order valence-corrected chi connectivity index (χ4v) is 1.63. The van der Waals surface area contributed by atoms with E-state index in [1.165, 1.54) is 0 Å². The van der Waals surface area contributed by atoms with Crippen molar-refractivity contribution >= 4 is 0 Å². The number of β-amino-alcohol motifs (C(OH)–C–C–N with tert-alkyl or cyclic N) is 1. The van der Waals surface area contributed by atoms with Gasteiger partial charge < -0.3 is 10.4 Å². The lowest BCUT2D eigenvalue weighted by molar-refractivity contribution is 0.0432. The highest BCUT2D eigenvalue weighted by atomic mass is 16.3. The molecule has 1 atom stereocenters. The molecule has 0 aromatic rings. The summed E-state index contributed by atoms with van der Waals surface area (Å²) in [5.74, 6) is 0. The lowest BCUT2D eigenvalue weighted by atomic mass is 10.3. The standard InChI is InChI=1S/C8H19N3O/c1-10(2)8-7-9-3-4-11(8)5-6-12/h8-9,12H,3-7H2,1-2H3. The van der Waals surface area contributed by atoms with E-state index in [1.54, 1.807) is 0 Å². The Hall–Kier alpha value is -0.160. The molecular formula is C8H19N3O. The number of piperazine rings is 1. The Kier molecular flexibility index (Phi) is 3.94. The van der Waals surface area contributed by atoms with E-state index in [-0.39, 0.29) is 6.61 Å². The molecule has 0 bridgehead atoms. The molecule has 1 saturated heterocycles. The number of hydrogen-bond acceptors (Lipinski definition) is 4. The fraction of sp³-hybridized carbons (Fsp3) is 1.00. The van der Waals surface area contributed by atoms with Crippen LogP contribution >= 0.6 is 0 Å². The Balaban J connectivity index is 2.42. The molecule has 0 saturated carbocycles. The maximum atomic E-state index is 8.84. The number of nitrogens with one attached hydrogen (secondary N) is 1. The topological polar surface area (TPSA) is 38.7 Å². The van der Waals surface area contributed by atoms with Gasteiger partial charge in [0.2, 0.25) is 0 Å². The van der Waals surface area contributed by atoms with Gasteiger partial charge in [-0.3, -0.25) is 9.80 Å². The zero-order chi connectivity index (χ0) is 8.97. The quantitative estimate of drug-likeness (QED) is 0.560. The molecule has 1 unspecified atom stereocenters. The third kappa shape index (κ3) is 2.42. The highest BCUT2D eigenvalue weighted by Gasteiger charge is 2.22. The molecule has 1 rings (SSSR count). The molecule has 1 aliphatic heterocycles. The minimum atomic E-state index is 0.254. The molecule has 1 aliphatic rings. The van der Waals surface area contributed by atoms with Crippen molar-refractivity contribution in [1.82, 2.24) is 15.1 Å². The van der Waals surface area contributed by atoms with E-state index in [0.717, 1.165) is 26.2 Å². The van der Waals surface area contributed by atoms with Gasteiger partial charge in [0.25, 0.3) is 0 Å². The van der Waals surface area contributed by atoms with Crippen molar-refractivity contribution in [3.05, 3.63) is 0 Å². The molecule has 72 valence electrons. The van der Waals surface area contributed by atoms with Crippen LogP contribution in [0.25, 0.3) is 0 Å². The van der Waals surface area contributed by atoms with E-state index < -0.39 is 0 Å². The van der Waals surface area contributed by atoms with Crippen LogP contribution in [0.15, 0.2) is 0 Å². The van der Waals surface area contributed by atoms with Crippen molar-refractivity contribution in [2.75, 3.05) is 46.9 Å². The van der Waals surface area contributed by atoms with Crippen LogP contribution in [-0.4, -0.2) is 68.0 Å². The van der Waals surface area contributed by atoms with Crippen molar-refractivity contribution in [1.29, 1.82) is 0 Å². The highest BCUT2D eigenvalue weighted by Crippen LogP contribution is 2.04. The third-order valence-electron chi connectivity index (χ3n) is 2.31. The van der Waals surface area contributed by atoms with E-state index in [2.05, 4.69) is 29.2 Å². The monoisotopic (exact) mass is 173 g/mol. The molecule has 0 aromatic heterocycles. The van der Waals surface area contributed by atoms with Crippen LogP contribution < -0.4 is 5.32 Å². The van der Waals surface area contributed by atoms with Gasteiger partial charge in [0.1, 0.15) is 0 Å². The van der Waals surface area contributed by atoms with Crippen molar-refractivity contribution in [2.24, 2.45) is 0 Å².